The van der Waals surface area contributed by atoms with E-state index < -0.39 is 40.2 Å². The van der Waals surface area contributed by atoms with Crippen LogP contribution in [0.5, 0.6) is 0 Å². The molecule has 8 nitrogen and oxygen atoms in total. The third kappa shape index (κ3) is 4.22. The van der Waals surface area contributed by atoms with Crippen LogP contribution in [0.2, 0.25) is 0 Å². The van der Waals surface area contributed by atoms with Crippen molar-refractivity contribution >= 4 is 10.0 Å². The molecule has 2 heterocycles. The molecule has 1 aromatic carbocycles. The molecule has 1 aromatic rings. The van der Waals surface area contributed by atoms with Crippen molar-refractivity contribution in [2.24, 2.45) is 0 Å². The number of aliphatic hydroxyl groups excluding tert-OH is 2. The van der Waals surface area contributed by atoms with Crippen molar-refractivity contribution in [3.05, 3.63) is 30.1 Å². The lowest BCUT2D eigenvalue weighted by molar-refractivity contribution is -0.0207. The van der Waals surface area contributed by atoms with E-state index in [4.69, 9.17) is 9.47 Å². The van der Waals surface area contributed by atoms with Crippen LogP contribution in [-0.2, 0) is 19.5 Å². The molecule has 2 saturated heterocycles. The molecular formula is C16H23FN2O6S. The Kier molecular flexibility index (Phi) is 6.23. The summed E-state index contributed by atoms with van der Waals surface area (Å²) < 4.78 is 51.2. The van der Waals surface area contributed by atoms with Crippen LogP contribution in [0.4, 0.5) is 4.39 Å². The van der Waals surface area contributed by atoms with E-state index in [9.17, 15) is 23.0 Å². The first-order valence-electron chi connectivity index (χ1n) is 8.44. The molecule has 26 heavy (non-hydrogen) atoms. The lowest BCUT2D eigenvalue weighted by Gasteiger charge is -2.36. The topological polar surface area (TPSA) is 108 Å². The molecule has 146 valence electrons. The highest BCUT2D eigenvalue weighted by Gasteiger charge is 2.46. The number of hydrogen-bond acceptors (Lipinski definition) is 7. The van der Waals surface area contributed by atoms with Gasteiger partial charge in [-0.3, -0.25) is 4.90 Å². The average molecular weight is 390 g/mol. The number of aliphatic hydroxyl groups is 2. The maximum Gasteiger partial charge on any atom is 0.240 e. The van der Waals surface area contributed by atoms with Crippen molar-refractivity contribution in [3.63, 3.8) is 0 Å². The van der Waals surface area contributed by atoms with Gasteiger partial charge >= 0.3 is 0 Å². The first-order chi connectivity index (χ1) is 12.4. The Morgan fingerprint density at radius 1 is 1.19 bits per heavy atom. The lowest BCUT2D eigenvalue weighted by atomic mass is 10.0. The van der Waals surface area contributed by atoms with Gasteiger partial charge in [0.1, 0.15) is 18.0 Å². The number of nitrogens with one attached hydrogen (secondary N) is 1. The first-order valence-corrected chi connectivity index (χ1v) is 9.92. The summed E-state index contributed by atoms with van der Waals surface area (Å²) in [6, 6.07) is 4.05. The van der Waals surface area contributed by atoms with Crippen molar-refractivity contribution < 1.29 is 32.5 Å². The number of morpholine rings is 1. The molecule has 2 aliphatic rings. The van der Waals surface area contributed by atoms with Crippen LogP contribution in [-0.4, -0.2) is 87.3 Å². The fourth-order valence-corrected chi connectivity index (χ4v) is 4.41. The van der Waals surface area contributed by atoms with Crippen molar-refractivity contribution in [1.82, 2.24) is 9.62 Å². The van der Waals surface area contributed by atoms with E-state index in [2.05, 4.69) is 4.72 Å². The van der Waals surface area contributed by atoms with Gasteiger partial charge in [-0.2, -0.15) is 0 Å². The largest absolute Gasteiger partial charge is 0.394 e. The zero-order chi connectivity index (χ0) is 18.7. The van der Waals surface area contributed by atoms with E-state index >= 15 is 0 Å². The van der Waals surface area contributed by atoms with Gasteiger partial charge in [0.25, 0.3) is 0 Å². The Hall–Kier alpha value is -1.14. The third-order valence-electron chi connectivity index (χ3n) is 4.71. The molecule has 0 saturated carbocycles. The normalized spacial score (nSPS) is 30.6. The van der Waals surface area contributed by atoms with Gasteiger partial charge in [-0.1, -0.05) is 0 Å². The molecule has 0 amide bonds. The maximum absolute atomic E-state index is 13.0. The van der Waals surface area contributed by atoms with Crippen molar-refractivity contribution in [2.75, 3.05) is 39.5 Å². The Morgan fingerprint density at radius 3 is 2.46 bits per heavy atom. The van der Waals surface area contributed by atoms with Crippen molar-refractivity contribution in [3.8, 4) is 0 Å². The summed E-state index contributed by atoms with van der Waals surface area (Å²) in [7, 11) is -3.84. The van der Waals surface area contributed by atoms with Crippen LogP contribution in [0.3, 0.4) is 0 Å². The molecule has 4 atom stereocenters. The zero-order valence-corrected chi connectivity index (χ0v) is 14.9. The Labute approximate surface area is 151 Å². The van der Waals surface area contributed by atoms with Gasteiger partial charge < -0.3 is 19.7 Å². The summed E-state index contributed by atoms with van der Waals surface area (Å²) in [6.07, 6.45) is -2.34. The molecule has 2 aliphatic heterocycles. The highest BCUT2D eigenvalue weighted by molar-refractivity contribution is 7.89. The number of hydrogen-bond donors (Lipinski definition) is 3. The van der Waals surface area contributed by atoms with E-state index in [1.54, 1.807) is 0 Å². The zero-order valence-electron chi connectivity index (χ0n) is 14.1. The first kappa shape index (κ1) is 19.6. The fraction of sp³-hybridized carbons (Fsp3) is 0.625. The minimum Gasteiger partial charge on any atom is -0.394 e. The minimum atomic E-state index is -3.84. The fourth-order valence-electron chi connectivity index (χ4n) is 3.36. The average Bonchev–Trinajstić information content (AvgIpc) is 2.97. The van der Waals surface area contributed by atoms with Gasteiger partial charge in [-0.05, 0) is 24.3 Å². The van der Waals surface area contributed by atoms with Crippen LogP contribution in [0.25, 0.3) is 0 Å². The summed E-state index contributed by atoms with van der Waals surface area (Å²) in [5.41, 5.74) is 0. The molecule has 3 rings (SSSR count). The third-order valence-corrected chi connectivity index (χ3v) is 6.15. The van der Waals surface area contributed by atoms with Crippen LogP contribution >= 0.6 is 0 Å². The Morgan fingerprint density at radius 2 is 1.85 bits per heavy atom. The molecule has 0 aliphatic carbocycles. The van der Waals surface area contributed by atoms with Gasteiger partial charge in [0.05, 0.1) is 36.9 Å². The maximum atomic E-state index is 13.0. The van der Waals surface area contributed by atoms with Crippen LogP contribution in [0, 0.1) is 5.82 Å². The molecule has 0 bridgehead atoms. The second-order valence-corrected chi connectivity index (χ2v) is 8.10. The summed E-state index contributed by atoms with van der Waals surface area (Å²) in [5.74, 6) is -0.524. The predicted molar refractivity (Wildman–Crippen MR) is 89.5 cm³/mol. The summed E-state index contributed by atoms with van der Waals surface area (Å²) in [6.45, 7) is 1.77. The van der Waals surface area contributed by atoms with Crippen LogP contribution in [0.15, 0.2) is 29.2 Å². The van der Waals surface area contributed by atoms with E-state index in [0.717, 1.165) is 12.1 Å². The molecule has 0 spiro atoms. The molecule has 0 aromatic heterocycles. The second-order valence-electron chi connectivity index (χ2n) is 6.33. The number of halogens is 1. The summed E-state index contributed by atoms with van der Waals surface area (Å²) in [5, 5.41) is 19.9. The standard InChI is InChI=1S/C16H23FN2O6S/c17-11-1-3-12(4-2-11)26(22,23)18-9-13-15(16(21)14(10-20)25-13)19-5-7-24-8-6-19/h1-4,13-16,18,20-21H,5-10H2/t13-,14-,15-,16+/m0/s1. The molecule has 2 fully saturated rings. The Balaban J connectivity index is 1.70. The quantitative estimate of drug-likeness (QED) is 0.567. The van der Waals surface area contributed by atoms with Gasteiger partial charge in [-0.25, -0.2) is 17.5 Å². The van der Waals surface area contributed by atoms with Gasteiger partial charge in [0.15, 0.2) is 0 Å². The highest BCUT2D eigenvalue weighted by atomic mass is 32.2. The predicted octanol–water partition coefficient (Wildman–Crippen LogP) is -1.07. The van der Waals surface area contributed by atoms with Gasteiger partial charge in [0, 0.05) is 19.6 Å². The van der Waals surface area contributed by atoms with E-state index in [-0.39, 0.29) is 18.0 Å². The number of nitrogens with zero attached hydrogens (tertiary/aromatic N) is 1. The number of ether oxygens (including phenoxy) is 2. The molecule has 3 N–H and O–H groups in total. The van der Waals surface area contributed by atoms with E-state index in [1.165, 1.54) is 12.1 Å². The summed E-state index contributed by atoms with van der Waals surface area (Å²) >= 11 is 0. The SMILES string of the molecule is O=S(=O)(NC[C@@H]1O[C@@H](CO)[C@@H](O)[C@H]1N1CCOCC1)c1ccc(F)cc1. The van der Waals surface area contributed by atoms with Crippen LogP contribution < -0.4 is 4.72 Å². The minimum absolute atomic E-state index is 0.0564. The number of benzene rings is 1. The molecular weight excluding hydrogens is 367 g/mol. The van der Waals surface area contributed by atoms with Crippen LogP contribution in [0.1, 0.15) is 0 Å². The number of sulfonamides is 1. The van der Waals surface area contributed by atoms with Gasteiger partial charge in [0.2, 0.25) is 10.0 Å². The highest BCUT2D eigenvalue weighted by Crippen LogP contribution is 2.26. The van der Waals surface area contributed by atoms with Crippen molar-refractivity contribution in [2.45, 2.75) is 29.2 Å². The van der Waals surface area contributed by atoms with Gasteiger partial charge in [-0.15, -0.1) is 0 Å². The molecule has 10 heteroatoms. The lowest BCUT2D eigenvalue weighted by Crippen LogP contribution is -2.54. The molecule has 0 radical (unpaired) electrons. The second kappa shape index (κ2) is 8.26. The van der Waals surface area contributed by atoms with E-state index in [1.807, 2.05) is 4.90 Å². The van der Waals surface area contributed by atoms with E-state index in [0.29, 0.717) is 26.3 Å². The molecule has 0 unspecified atom stereocenters. The number of rotatable bonds is 6. The Bertz CT molecular complexity index is 695. The smallest absolute Gasteiger partial charge is 0.240 e. The van der Waals surface area contributed by atoms with Crippen molar-refractivity contribution in [1.29, 1.82) is 0 Å². The summed E-state index contributed by atoms with van der Waals surface area (Å²) in [4.78, 5) is 1.93. The monoisotopic (exact) mass is 390 g/mol.